The van der Waals surface area contributed by atoms with E-state index < -0.39 is 12.2 Å². The number of alkyl carbamates (subject to hydrolysis) is 1. The number of nitrogens with one attached hydrogen (secondary N) is 1. The van der Waals surface area contributed by atoms with Gasteiger partial charge in [-0.2, -0.15) is 0 Å². The van der Waals surface area contributed by atoms with Gasteiger partial charge in [0, 0.05) is 38.8 Å². The zero-order chi connectivity index (χ0) is 30.9. The highest BCUT2D eigenvalue weighted by atomic mass is 16.6. The molecule has 8 nitrogen and oxygen atoms in total. The molecule has 0 atom stereocenters. The van der Waals surface area contributed by atoms with Crippen LogP contribution in [0.3, 0.4) is 0 Å². The molecule has 0 fully saturated rings. The highest BCUT2D eigenvalue weighted by molar-refractivity contribution is 5.86. The predicted octanol–water partition coefficient (Wildman–Crippen LogP) is 8.09. The van der Waals surface area contributed by atoms with E-state index in [0.717, 1.165) is 56.4 Å². The molecule has 0 heterocycles. The minimum Gasteiger partial charge on any atom is -0.465 e. The minimum absolute atomic E-state index is 0.00694. The monoisotopic (exact) mass is 594 g/mol. The molecule has 236 valence electrons. The molecular weight excluding hydrogens is 544 g/mol. The maximum absolute atomic E-state index is 12.1. The summed E-state index contributed by atoms with van der Waals surface area (Å²) < 4.78 is 10.9. The van der Waals surface area contributed by atoms with Gasteiger partial charge in [0.15, 0.2) is 0 Å². The van der Waals surface area contributed by atoms with E-state index in [1.54, 1.807) is 0 Å². The van der Waals surface area contributed by atoms with Crippen molar-refractivity contribution in [3.05, 3.63) is 70.8 Å². The van der Waals surface area contributed by atoms with Gasteiger partial charge in [0.05, 0.1) is 0 Å². The van der Waals surface area contributed by atoms with Gasteiger partial charge in [-0.1, -0.05) is 114 Å². The van der Waals surface area contributed by atoms with Crippen molar-refractivity contribution in [1.82, 2.24) is 10.2 Å². The van der Waals surface area contributed by atoms with Gasteiger partial charge in [0.1, 0.15) is 12.2 Å². The molecule has 4 rings (SSSR count). The van der Waals surface area contributed by atoms with E-state index >= 15 is 0 Å². The lowest BCUT2D eigenvalue weighted by molar-refractivity contribution is 0.0649. The normalized spacial score (nSPS) is 13.8. The van der Waals surface area contributed by atoms with E-state index in [0.29, 0.717) is 19.3 Å². The van der Waals surface area contributed by atoms with Crippen LogP contribution >= 0.6 is 0 Å². The molecule has 2 aliphatic carbocycles. The summed E-state index contributed by atoms with van der Waals surface area (Å²) in [6, 6.07) is 16.3. The number of fused-ring (bicyclic) bond motifs is 2. The Labute approximate surface area is 257 Å². The third-order valence-corrected chi connectivity index (χ3v) is 8.05. The van der Waals surface area contributed by atoms with Gasteiger partial charge < -0.3 is 19.9 Å². The van der Waals surface area contributed by atoms with Gasteiger partial charge in [0.25, 0.3) is 0 Å². The summed E-state index contributed by atoms with van der Waals surface area (Å²) in [5.41, 5.74) is 4.97. The van der Waals surface area contributed by atoms with Crippen LogP contribution in [-0.4, -0.2) is 53.6 Å². The fourth-order valence-corrected chi connectivity index (χ4v) is 5.66. The number of carboxylic acid groups (broad SMARTS) is 1. The number of carbonyl (C=O) groups is 3. The summed E-state index contributed by atoms with van der Waals surface area (Å²) in [5.74, 6) is 0. The maximum atomic E-state index is 12.1. The van der Waals surface area contributed by atoms with Crippen LogP contribution in [0.25, 0.3) is 0 Å². The number of imide groups is 1. The Bertz CT molecular complexity index is 1100. The average molecular weight is 595 g/mol. The van der Waals surface area contributed by atoms with Crippen LogP contribution in [0.5, 0.6) is 0 Å². The minimum atomic E-state index is -1.24. The molecule has 2 aromatic rings. The Morgan fingerprint density at radius 3 is 1.60 bits per heavy atom. The Hall–Kier alpha value is -3.55. The first-order valence-corrected chi connectivity index (χ1v) is 16.2. The Balaban J connectivity index is 0.000000238. The van der Waals surface area contributed by atoms with E-state index in [1.807, 2.05) is 36.4 Å². The molecule has 3 amide bonds. The van der Waals surface area contributed by atoms with E-state index in [9.17, 15) is 19.5 Å². The molecule has 0 spiro atoms. The van der Waals surface area contributed by atoms with Gasteiger partial charge >= 0.3 is 18.3 Å². The van der Waals surface area contributed by atoms with Gasteiger partial charge in [-0.05, 0) is 35.1 Å². The van der Waals surface area contributed by atoms with Gasteiger partial charge in [0.2, 0.25) is 0 Å². The van der Waals surface area contributed by atoms with E-state index in [2.05, 4.69) is 31.3 Å². The molecule has 0 saturated heterocycles. The molecule has 0 saturated carbocycles. The third-order valence-electron chi connectivity index (χ3n) is 8.05. The van der Waals surface area contributed by atoms with Crippen molar-refractivity contribution in [3.63, 3.8) is 0 Å². The van der Waals surface area contributed by atoms with Crippen LogP contribution in [0.4, 0.5) is 14.4 Å². The summed E-state index contributed by atoms with van der Waals surface area (Å²) >= 11 is 0. The van der Waals surface area contributed by atoms with Crippen molar-refractivity contribution in [3.8, 4) is 0 Å². The first-order valence-electron chi connectivity index (χ1n) is 16.2. The molecule has 0 aliphatic heterocycles. The highest BCUT2D eigenvalue weighted by Crippen LogP contribution is 2.25. The molecule has 2 N–H and O–H groups in total. The SMILES string of the molecule is CCCCCCCN(C(=O)O)C(=O)OC1Cc2ccccc2C1.CCCCCCCNC(=O)OC1Cc2ccccc2C1. The van der Waals surface area contributed by atoms with Crippen molar-refractivity contribution >= 4 is 18.3 Å². The van der Waals surface area contributed by atoms with E-state index in [-0.39, 0.29) is 24.8 Å². The second-order valence-corrected chi connectivity index (χ2v) is 11.6. The largest absolute Gasteiger partial charge is 0.465 e. The quantitative estimate of drug-likeness (QED) is 0.214. The number of nitrogens with zero attached hydrogens (tertiary/aromatic N) is 1. The van der Waals surface area contributed by atoms with Crippen LogP contribution in [0.15, 0.2) is 48.5 Å². The lowest BCUT2D eigenvalue weighted by Crippen LogP contribution is -2.39. The average Bonchev–Trinajstić information content (AvgIpc) is 3.59. The third kappa shape index (κ3) is 11.9. The molecule has 43 heavy (non-hydrogen) atoms. The maximum Gasteiger partial charge on any atom is 0.419 e. The topological polar surface area (TPSA) is 105 Å². The fraction of sp³-hybridized carbons (Fsp3) is 0.571. The first-order chi connectivity index (χ1) is 20.9. The van der Waals surface area contributed by atoms with Crippen molar-refractivity contribution in [1.29, 1.82) is 0 Å². The number of carbonyl (C=O) groups excluding carboxylic acids is 2. The Kier molecular flexibility index (Phi) is 14.9. The van der Waals surface area contributed by atoms with Crippen LogP contribution in [0.1, 0.15) is 100 Å². The molecule has 0 bridgehead atoms. The van der Waals surface area contributed by atoms with Crippen LogP contribution in [0, 0.1) is 0 Å². The summed E-state index contributed by atoms with van der Waals surface area (Å²) in [6.45, 7) is 5.26. The van der Waals surface area contributed by atoms with E-state index in [1.165, 1.54) is 47.9 Å². The van der Waals surface area contributed by atoms with Crippen LogP contribution in [-0.2, 0) is 35.2 Å². The number of benzene rings is 2. The molecule has 8 heteroatoms. The van der Waals surface area contributed by atoms with Crippen molar-refractivity contribution in [2.24, 2.45) is 0 Å². The summed E-state index contributed by atoms with van der Waals surface area (Å²) in [5, 5.41) is 12.1. The van der Waals surface area contributed by atoms with Crippen molar-refractivity contribution in [2.75, 3.05) is 13.1 Å². The van der Waals surface area contributed by atoms with Gasteiger partial charge in [-0.3, -0.25) is 0 Å². The zero-order valence-corrected chi connectivity index (χ0v) is 26.0. The van der Waals surface area contributed by atoms with Gasteiger partial charge in [-0.25, -0.2) is 19.3 Å². The van der Waals surface area contributed by atoms with Crippen molar-refractivity contribution in [2.45, 2.75) is 116 Å². The molecule has 2 aliphatic rings. The molecular formula is C35H50N2O6. The second-order valence-electron chi connectivity index (χ2n) is 11.6. The molecule has 2 aromatic carbocycles. The van der Waals surface area contributed by atoms with Crippen molar-refractivity contribution < 1.29 is 29.0 Å². The number of rotatable bonds is 14. The van der Waals surface area contributed by atoms with Crippen LogP contribution < -0.4 is 5.32 Å². The fourth-order valence-electron chi connectivity index (χ4n) is 5.66. The van der Waals surface area contributed by atoms with Gasteiger partial charge in [-0.15, -0.1) is 0 Å². The van der Waals surface area contributed by atoms with E-state index in [4.69, 9.17) is 9.47 Å². The predicted molar refractivity (Wildman–Crippen MR) is 168 cm³/mol. The lowest BCUT2D eigenvalue weighted by atomic mass is 10.1. The zero-order valence-electron chi connectivity index (χ0n) is 26.0. The summed E-state index contributed by atoms with van der Waals surface area (Å²) in [7, 11) is 0. The smallest absolute Gasteiger partial charge is 0.419 e. The number of amides is 3. The Morgan fingerprint density at radius 2 is 1.14 bits per heavy atom. The standard InChI is InChI=1S/C18H25NO4.C17H25NO2/c1-2-3-4-5-8-11-19(17(20)21)18(22)23-16-12-14-9-6-7-10-15(14)13-16;1-2-3-4-5-8-11-18-17(19)20-16-12-14-9-6-7-10-15(14)13-16/h6-7,9-10,16H,2-5,8,11-13H2,1H3,(H,20,21);6-7,9-10,16H,2-5,8,11-13H2,1H3,(H,18,19). The molecule has 0 aromatic heterocycles. The number of hydrogen-bond donors (Lipinski definition) is 2. The molecule has 0 unspecified atom stereocenters. The molecule has 0 radical (unpaired) electrons. The highest BCUT2D eigenvalue weighted by Gasteiger charge is 2.29. The number of unbranched alkanes of at least 4 members (excludes halogenated alkanes) is 8. The second kappa shape index (κ2) is 18.9. The number of ether oxygens (including phenoxy) is 2. The first kappa shape index (κ1) is 33.9. The van der Waals surface area contributed by atoms with Crippen LogP contribution in [0.2, 0.25) is 0 Å². The lowest BCUT2D eigenvalue weighted by Gasteiger charge is -2.19. The number of hydrogen-bond acceptors (Lipinski definition) is 5. The summed E-state index contributed by atoms with van der Waals surface area (Å²) in [6.07, 6.45) is 11.5. The Morgan fingerprint density at radius 1 is 0.698 bits per heavy atom. The summed E-state index contributed by atoms with van der Waals surface area (Å²) in [4.78, 5) is 35.9.